The van der Waals surface area contributed by atoms with Gasteiger partial charge in [-0.3, -0.25) is 4.79 Å². The third kappa shape index (κ3) is 2.18. The summed E-state index contributed by atoms with van der Waals surface area (Å²) >= 11 is 0. The average Bonchev–Trinajstić information content (AvgIpc) is 3.04. The van der Waals surface area contributed by atoms with E-state index in [9.17, 15) is 4.79 Å². The number of aryl methyl sites for hydroxylation is 2. The van der Waals surface area contributed by atoms with Crippen LogP contribution in [0.25, 0.3) is 0 Å². The van der Waals surface area contributed by atoms with E-state index in [1.54, 1.807) is 0 Å². The first-order valence-corrected chi connectivity index (χ1v) is 7.37. The van der Waals surface area contributed by atoms with Gasteiger partial charge in [-0.05, 0) is 49.4 Å². The molecule has 108 valence electrons. The quantitative estimate of drug-likeness (QED) is 0.890. The fourth-order valence-corrected chi connectivity index (χ4v) is 3.21. The fraction of sp³-hybridized carbons (Fsp3) is 0.562. The van der Waals surface area contributed by atoms with Crippen LogP contribution in [-0.4, -0.2) is 36.0 Å². The number of carbonyl (C=O) groups is 1. The second kappa shape index (κ2) is 5.09. The van der Waals surface area contributed by atoms with Crippen molar-refractivity contribution in [2.45, 2.75) is 45.3 Å². The number of hydrogen-bond acceptors (Lipinski definition) is 3. The molecule has 20 heavy (non-hydrogen) atoms. The summed E-state index contributed by atoms with van der Waals surface area (Å²) in [5.74, 6) is 0.972. The van der Waals surface area contributed by atoms with Crippen LogP contribution in [-0.2, 0) is 11.2 Å². The molecule has 0 radical (unpaired) electrons. The van der Waals surface area contributed by atoms with Crippen LogP contribution < -0.4 is 10.5 Å². The highest BCUT2D eigenvalue weighted by Crippen LogP contribution is 2.33. The van der Waals surface area contributed by atoms with E-state index < -0.39 is 0 Å². The molecule has 3 rings (SSSR count). The minimum absolute atomic E-state index is 0.101. The minimum Gasteiger partial charge on any atom is -0.480 e. The van der Waals surface area contributed by atoms with E-state index in [-0.39, 0.29) is 18.1 Å². The zero-order valence-electron chi connectivity index (χ0n) is 12.2. The van der Waals surface area contributed by atoms with Gasteiger partial charge in [0, 0.05) is 25.6 Å². The van der Waals surface area contributed by atoms with Gasteiger partial charge in [0.2, 0.25) is 0 Å². The second-order valence-corrected chi connectivity index (χ2v) is 5.92. The molecule has 2 unspecified atom stereocenters. The topological polar surface area (TPSA) is 55.6 Å². The Kier molecular flexibility index (Phi) is 3.42. The van der Waals surface area contributed by atoms with E-state index in [0.717, 1.165) is 30.7 Å². The van der Waals surface area contributed by atoms with Gasteiger partial charge in [-0.1, -0.05) is 6.07 Å². The van der Waals surface area contributed by atoms with Gasteiger partial charge in [-0.15, -0.1) is 0 Å². The van der Waals surface area contributed by atoms with Crippen LogP contribution in [0.15, 0.2) is 12.1 Å². The highest BCUT2D eigenvalue weighted by Gasteiger charge is 2.37. The van der Waals surface area contributed by atoms with E-state index in [2.05, 4.69) is 19.9 Å². The van der Waals surface area contributed by atoms with Crippen LogP contribution in [0.2, 0.25) is 0 Å². The first-order valence-electron chi connectivity index (χ1n) is 7.37. The Morgan fingerprint density at radius 2 is 2.15 bits per heavy atom. The van der Waals surface area contributed by atoms with E-state index in [0.29, 0.717) is 13.0 Å². The lowest BCUT2D eigenvalue weighted by Gasteiger charge is -2.26. The lowest BCUT2D eigenvalue weighted by molar-refractivity contribution is -0.138. The number of rotatable bonds is 2. The smallest absolute Gasteiger partial charge is 0.264 e. The molecule has 0 aromatic heterocycles. The Bertz CT molecular complexity index is 511. The average molecular weight is 274 g/mol. The second-order valence-electron chi connectivity index (χ2n) is 5.92. The Morgan fingerprint density at radius 3 is 2.90 bits per heavy atom. The van der Waals surface area contributed by atoms with E-state index in [1.807, 2.05) is 11.0 Å². The maximum Gasteiger partial charge on any atom is 0.264 e. The van der Waals surface area contributed by atoms with Crippen LogP contribution in [0.4, 0.5) is 0 Å². The summed E-state index contributed by atoms with van der Waals surface area (Å²) in [5.41, 5.74) is 9.36. The summed E-state index contributed by atoms with van der Waals surface area (Å²) in [6, 6.07) is 4.38. The molecule has 4 heteroatoms. The molecular weight excluding hydrogens is 252 g/mol. The Morgan fingerprint density at radius 1 is 1.40 bits per heavy atom. The largest absolute Gasteiger partial charge is 0.480 e. The van der Waals surface area contributed by atoms with Crippen molar-refractivity contribution < 1.29 is 9.53 Å². The molecule has 2 aliphatic heterocycles. The van der Waals surface area contributed by atoms with Crippen molar-refractivity contribution in [3.8, 4) is 5.75 Å². The summed E-state index contributed by atoms with van der Waals surface area (Å²) in [6.07, 6.45) is 2.38. The minimum atomic E-state index is -0.363. The van der Waals surface area contributed by atoms with Gasteiger partial charge >= 0.3 is 0 Å². The molecule has 2 N–H and O–H groups in total. The molecule has 0 spiro atoms. The molecule has 2 heterocycles. The summed E-state index contributed by atoms with van der Waals surface area (Å²) in [5, 5.41) is 0. The van der Waals surface area contributed by atoms with Gasteiger partial charge in [0.1, 0.15) is 5.75 Å². The summed E-state index contributed by atoms with van der Waals surface area (Å²) in [4.78, 5) is 14.5. The summed E-state index contributed by atoms with van der Waals surface area (Å²) in [7, 11) is 0. The number of nitrogens with two attached hydrogens (primary N) is 1. The van der Waals surface area contributed by atoms with Crippen LogP contribution in [0.3, 0.4) is 0 Å². The lowest BCUT2D eigenvalue weighted by Crippen LogP contribution is -2.46. The first kappa shape index (κ1) is 13.4. The SMILES string of the molecule is Cc1cc2c(cc1C)OC(C(=O)N1CCCC1CN)C2. The molecule has 1 aromatic carbocycles. The van der Waals surface area contributed by atoms with Gasteiger partial charge in [0.05, 0.1) is 0 Å². The van der Waals surface area contributed by atoms with Crippen LogP contribution in [0.1, 0.15) is 29.5 Å². The molecule has 0 saturated carbocycles. The number of likely N-dealkylation sites (tertiary alicyclic amines) is 1. The molecule has 1 fully saturated rings. The molecule has 0 aliphatic carbocycles. The predicted octanol–water partition coefficient (Wildman–Crippen LogP) is 1.56. The monoisotopic (exact) mass is 274 g/mol. The number of fused-ring (bicyclic) bond motifs is 1. The molecule has 0 bridgehead atoms. The number of nitrogens with zero attached hydrogens (tertiary/aromatic N) is 1. The Balaban J connectivity index is 1.76. The molecule has 1 aromatic rings. The number of ether oxygens (including phenoxy) is 1. The molecular formula is C16H22N2O2. The van der Waals surface area contributed by atoms with Crippen molar-refractivity contribution in [1.82, 2.24) is 4.90 Å². The van der Waals surface area contributed by atoms with Crippen LogP contribution in [0, 0.1) is 13.8 Å². The number of carbonyl (C=O) groups excluding carboxylic acids is 1. The van der Waals surface area contributed by atoms with Crippen molar-refractivity contribution in [2.24, 2.45) is 5.73 Å². The summed E-state index contributed by atoms with van der Waals surface area (Å²) < 4.78 is 5.88. The van der Waals surface area contributed by atoms with E-state index >= 15 is 0 Å². The van der Waals surface area contributed by atoms with Gasteiger partial charge in [-0.25, -0.2) is 0 Å². The van der Waals surface area contributed by atoms with Crippen molar-refractivity contribution in [3.05, 3.63) is 28.8 Å². The Labute approximate surface area is 119 Å². The summed E-state index contributed by atoms with van der Waals surface area (Å²) in [6.45, 7) is 5.52. The zero-order valence-corrected chi connectivity index (χ0v) is 12.2. The molecule has 4 nitrogen and oxygen atoms in total. The number of benzene rings is 1. The third-order valence-electron chi connectivity index (χ3n) is 4.56. The Hall–Kier alpha value is -1.55. The van der Waals surface area contributed by atoms with E-state index in [1.165, 1.54) is 11.1 Å². The van der Waals surface area contributed by atoms with Crippen LogP contribution >= 0.6 is 0 Å². The predicted molar refractivity (Wildman–Crippen MR) is 77.8 cm³/mol. The maximum atomic E-state index is 12.6. The number of amides is 1. The highest BCUT2D eigenvalue weighted by atomic mass is 16.5. The molecule has 2 aliphatic rings. The van der Waals surface area contributed by atoms with Gasteiger partial charge < -0.3 is 15.4 Å². The maximum absolute atomic E-state index is 12.6. The molecule has 2 atom stereocenters. The first-order chi connectivity index (χ1) is 9.60. The van der Waals surface area contributed by atoms with Crippen molar-refractivity contribution in [1.29, 1.82) is 0 Å². The molecule has 1 saturated heterocycles. The number of hydrogen-bond donors (Lipinski definition) is 1. The van der Waals surface area contributed by atoms with Crippen molar-refractivity contribution in [2.75, 3.05) is 13.1 Å². The van der Waals surface area contributed by atoms with Crippen molar-refractivity contribution in [3.63, 3.8) is 0 Å². The normalized spacial score (nSPS) is 24.6. The van der Waals surface area contributed by atoms with Gasteiger partial charge in [-0.2, -0.15) is 0 Å². The zero-order chi connectivity index (χ0) is 14.3. The highest BCUT2D eigenvalue weighted by molar-refractivity contribution is 5.83. The lowest BCUT2D eigenvalue weighted by atomic mass is 10.0. The van der Waals surface area contributed by atoms with E-state index in [4.69, 9.17) is 10.5 Å². The molecule has 1 amide bonds. The van der Waals surface area contributed by atoms with Gasteiger partial charge in [0.15, 0.2) is 6.10 Å². The third-order valence-corrected chi connectivity index (χ3v) is 4.56. The standard InChI is InChI=1S/C16H22N2O2/c1-10-6-12-8-15(20-14(12)7-11(10)2)16(19)18-5-3-4-13(18)9-17/h6-7,13,15H,3-5,8-9,17H2,1-2H3. The van der Waals surface area contributed by atoms with Crippen molar-refractivity contribution >= 4 is 5.91 Å². The van der Waals surface area contributed by atoms with Gasteiger partial charge in [0.25, 0.3) is 5.91 Å². The van der Waals surface area contributed by atoms with Crippen LogP contribution in [0.5, 0.6) is 5.75 Å². The fourth-order valence-electron chi connectivity index (χ4n) is 3.21.